The van der Waals surface area contributed by atoms with Crippen LogP contribution in [0, 0.1) is 0 Å². The number of anilines is 1. The highest BCUT2D eigenvalue weighted by Gasteiger charge is 2.53. The first-order chi connectivity index (χ1) is 17.8. The number of fused-ring (bicyclic) bond motifs is 2. The van der Waals surface area contributed by atoms with Gasteiger partial charge in [0.05, 0.1) is 11.7 Å². The molecule has 0 radical (unpaired) electrons. The van der Waals surface area contributed by atoms with Crippen LogP contribution in [-0.4, -0.2) is 77.9 Å². The molecule has 5 heterocycles. The van der Waals surface area contributed by atoms with Gasteiger partial charge < -0.3 is 25.8 Å². The summed E-state index contributed by atoms with van der Waals surface area (Å²) in [7, 11) is 1.25. The molecule has 192 valence electrons. The molecule has 0 aromatic carbocycles. The highest BCUT2D eigenvalue weighted by molar-refractivity contribution is 8.00. The van der Waals surface area contributed by atoms with E-state index >= 15 is 0 Å². The Morgan fingerprint density at radius 1 is 1.43 bits per heavy atom. The van der Waals surface area contributed by atoms with Gasteiger partial charge in [0.15, 0.2) is 11.3 Å². The van der Waals surface area contributed by atoms with Crippen LogP contribution in [0.1, 0.15) is 5.82 Å². The summed E-state index contributed by atoms with van der Waals surface area (Å²) < 4.78 is 7.50. The van der Waals surface area contributed by atoms with Gasteiger partial charge in [0, 0.05) is 28.9 Å². The molecule has 14 nitrogen and oxygen atoms in total. The van der Waals surface area contributed by atoms with Gasteiger partial charge in [-0.2, -0.15) is 9.36 Å². The highest BCUT2D eigenvalue weighted by atomic mass is 32.2. The summed E-state index contributed by atoms with van der Waals surface area (Å²) in [5.74, 6) is -2.53. The molecule has 37 heavy (non-hydrogen) atoms. The third-order valence-electron chi connectivity index (χ3n) is 5.65. The standard InChI is InChI=1S/C20H19N9O5S3/c1-34-25-12(15-23-20(21)37-26-15)16(30)22-13-17(31)29-14(19(32)33)9(8-36-18(13)29)7-27-5-6-28-11(27)4-3-10(24-28)35-2/h3-6,13,18H,7-8H2,1-2H3,(H3-,21,22,23,26,30,32,33)/b25-12-/t13-,18-/m1/s1. The number of aliphatic carboxylic acids is 1. The van der Waals surface area contributed by atoms with E-state index in [1.165, 1.54) is 30.6 Å². The molecule has 2 amide bonds. The maximum atomic E-state index is 13.0. The number of nitrogens with one attached hydrogen (secondary N) is 1. The molecule has 3 aromatic heterocycles. The number of thioether (sulfide) groups is 2. The fourth-order valence-corrected chi connectivity index (χ4v) is 6.17. The van der Waals surface area contributed by atoms with E-state index in [4.69, 9.17) is 10.6 Å². The number of β-lactam (4-membered cyclic amide) rings is 1. The second kappa shape index (κ2) is 9.98. The van der Waals surface area contributed by atoms with Gasteiger partial charge in [-0.25, -0.2) is 4.57 Å². The fourth-order valence-electron chi connectivity index (χ4n) is 4.03. The van der Waals surface area contributed by atoms with E-state index in [9.17, 15) is 19.5 Å². The third-order valence-corrected chi connectivity index (χ3v) is 8.17. The number of carboxylic acid groups (broad SMARTS) is 1. The van der Waals surface area contributed by atoms with Crippen LogP contribution in [0.15, 0.2) is 46.0 Å². The Kier molecular flexibility index (Phi) is 6.74. The van der Waals surface area contributed by atoms with E-state index in [0.29, 0.717) is 11.3 Å². The van der Waals surface area contributed by atoms with Crippen molar-refractivity contribution in [2.75, 3.05) is 24.9 Å². The van der Waals surface area contributed by atoms with Crippen molar-refractivity contribution in [3.05, 3.63) is 41.6 Å². The number of rotatable bonds is 8. The topological polar surface area (TPSA) is 184 Å². The summed E-state index contributed by atoms with van der Waals surface area (Å²) in [4.78, 5) is 47.8. The van der Waals surface area contributed by atoms with Gasteiger partial charge in [0.25, 0.3) is 11.8 Å². The smallest absolute Gasteiger partial charge is 0.307 e. The summed E-state index contributed by atoms with van der Waals surface area (Å²) in [5, 5.41) is 23.2. The van der Waals surface area contributed by atoms with Gasteiger partial charge in [-0.1, -0.05) is 10.3 Å². The zero-order chi connectivity index (χ0) is 26.3. The molecule has 2 aliphatic rings. The summed E-state index contributed by atoms with van der Waals surface area (Å²) in [6.07, 6.45) is 5.49. The first-order valence-corrected chi connectivity index (χ1v) is 13.7. The van der Waals surface area contributed by atoms with E-state index < -0.39 is 29.2 Å². The second-order valence-corrected chi connectivity index (χ2v) is 10.5. The number of amides is 2. The number of nitrogens with two attached hydrogens (primary N) is 1. The highest BCUT2D eigenvalue weighted by Crippen LogP contribution is 2.40. The molecule has 0 saturated carbocycles. The van der Waals surface area contributed by atoms with Crippen LogP contribution in [0.25, 0.3) is 5.65 Å². The van der Waals surface area contributed by atoms with E-state index in [1.54, 1.807) is 16.9 Å². The van der Waals surface area contributed by atoms with Crippen molar-refractivity contribution in [1.29, 1.82) is 0 Å². The Morgan fingerprint density at radius 2 is 2.24 bits per heavy atom. The fraction of sp³-hybridized carbons (Fsp3) is 0.300. The van der Waals surface area contributed by atoms with Crippen molar-refractivity contribution in [1.82, 2.24) is 29.2 Å². The van der Waals surface area contributed by atoms with Crippen LogP contribution in [-0.2, 0) is 25.8 Å². The Balaban J connectivity index is 1.37. The molecule has 2 atom stereocenters. The maximum absolute atomic E-state index is 13.0. The molecule has 5 rings (SSSR count). The summed E-state index contributed by atoms with van der Waals surface area (Å²) in [6, 6.07) is 2.78. The lowest BCUT2D eigenvalue weighted by Crippen LogP contribution is -2.71. The Hall–Kier alpha value is -3.70. The molecule has 3 N–H and O–H groups in total. The number of carbonyl (C=O) groups is 3. The van der Waals surface area contributed by atoms with Gasteiger partial charge in [-0.3, -0.25) is 14.5 Å². The molecule has 0 aliphatic carbocycles. The lowest BCUT2D eigenvalue weighted by atomic mass is 10.0. The quantitative estimate of drug-likeness (QED) is 0.104. The Labute approximate surface area is 221 Å². The molecule has 1 fully saturated rings. The average Bonchev–Trinajstić information content (AvgIpc) is 3.50. The molecule has 1 saturated heterocycles. The van der Waals surface area contributed by atoms with Crippen LogP contribution in [0.5, 0.6) is 0 Å². The number of hydrogen-bond donors (Lipinski definition) is 2. The van der Waals surface area contributed by atoms with Crippen LogP contribution in [0.3, 0.4) is 0 Å². The van der Waals surface area contributed by atoms with Crippen molar-refractivity contribution in [2.24, 2.45) is 5.16 Å². The third kappa shape index (κ3) is 4.49. The number of carboxylic acids is 1. The van der Waals surface area contributed by atoms with Crippen molar-refractivity contribution < 1.29 is 28.9 Å². The Morgan fingerprint density at radius 3 is 2.92 bits per heavy atom. The lowest BCUT2D eigenvalue weighted by Gasteiger charge is -2.50. The van der Waals surface area contributed by atoms with Crippen molar-refractivity contribution in [3.63, 3.8) is 0 Å². The van der Waals surface area contributed by atoms with Crippen LogP contribution in [0.2, 0.25) is 0 Å². The molecular formula is C20H19N9O5S3. The maximum Gasteiger partial charge on any atom is 0.307 e. The first kappa shape index (κ1) is 25.0. The lowest BCUT2D eigenvalue weighted by molar-refractivity contribution is -0.662. The largest absolute Gasteiger partial charge is 0.543 e. The van der Waals surface area contributed by atoms with Crippen LogP contribution in [0.4, 0.5) is 5.13 Å². The summed E-state index contributed by atoms with van der Waals surface area (Å²) >= 11 is 3.72. The first-order valence-electron chi connectivity index (χ1n) is 10.6. The SMILES string of the molecule is CO/N=C(\C(=O)N[C@@H]1C(=O)N2C(C(=O)[O-])=C(C[n+]3ccn4nc(SC)ccc43)CS[C@H]12)c1nsc(N)n1. The number of hydrogen-bond acceptors (Lipinski definition) is 13. The number of oxime groups is 1. The van der Waals surface area contributed by atoms with Gasteiger partial charge >= 0.3 is 5.65 Å². The van der Waals surface area contributed by atoms with E-state index in [0.717, 1.165) is 27.1 Å². The summed E-state index contributed by atoms with van der Waals surface area (Å²) in [5.41, 5.74) is 6.41. The van der Waals surface area contributed by atoms with Crippen molar-refractivity contribution in [2.45, 2.75) is 23.0 Å². The minimum Gasteiger partial charge on any atom is -0.543 e. The van der Waals surface area contributed by atoms with E-state index in [2.05, 4.69) is 24.9 Å². The van der Waals surface area contributed by atoms with E-state index in [-0.39, 0.29) is 28.9 Å². The molecule has 0 unspecified atom stereocenters. The zero-order valence-electron chi connectivity index (χ0n) is 19.4. The van der Waals surface area contributed by atoms with Gasteiger partial charge in [0.1, 0.15) is 36.3 Å². The minimum absolute atomic E-state index is 0.0460. The molecule has 17 heteroatoms. The minimum atomic E-state index is -1.46. The molecule has 3 aromatic rings. The second-order valence-electron chi connectivity index (χ2n) is 7.78. The van der Waals surface area contributed by atoms with Gasteiger partial charge in [0.2, 0.25) is 11.5 Å². The number of carbonyl (C=O) groups excluding carboxylic acids is 3. The number of nitrogen functional groups attached to an aromatic ring is 1. The zero-order valence-corrected chi connectivity index (χ0v) is 21.8. The number of nitrogens with zero attached hydrogens (tertiary/aromatic N) is 7. The van der Waals surface area contributed by atoms with Crippen LogP contribution < -0.4 is 20.7 Å². The van der Waals surface area contributed by atoms with Crippen molar-refractivity contribution in [3.8, 4) is 0 Å². The average molecular weight is 562 g/mol. The predicted octanol–water partition coefficient (Wildman–Crippen LogP) is -1.77. The molecule has 0 bridgehead atoms. The molecular weight excluding hydrogens is 542 g/mol. The molecule has 2 aliphatic heterocycles. The monoisotopic (exact) mass is 561 g/mol. The molecule has 0 spiro atoms. The normalized spacial score (nSPS) is 19.6. The Bertz CT molecular complexity index is 1480. The number of aromatic nitrogens is 5. The van der Waals surface area contributed by atoms with Gasteiger partial charge in [-0.15, -0.1) is 28.0 Å². The van der Waals surface area contributed by atoms with Crippen molar-refractivity contribution >= 4 is 69.3 Å². The number of imidazole rings is 1. The summed E-state index contributed by atoms with van der Waals surface area (Å²) in [6.45, 7) is 0.224. The van der Waals surface area contributed by atoms with E-state index in [1.807, 2.05) is 23.0 Å². The van der Waals surface area contributed by atoms with Gasteiger partial charge in [-0.05, 0) is 12.3 Å². The predicted molar refractivity (Wildman–Crippen MR) is 132 cm³/mol. The van der Waals surface area contributed by atoms with Crippen LogP contribution >= 0.6 is 35.1 Å².